The largest absolute Gasteiger partial charge is 0.489 e. The van der Waals surface area contributed by atoms with Gasteiger partial charge in [-0.05, 0) is 43.9 Å². The monoisotopic (exact) mass is 667 g/mol. The molecular formula is C32H29ClF3N7O2S. The first-order valence-electron chi connectivity index (χ1n) is 15.6. The first-order valence-corrected chi connectivity index (χ1v) is 16.8. The van der Waals surface area contributed by atoms with Gasteiger partial charge >= 0.3 is 6.01 Å². The van der Waals surface area contributed by atoms with Gasteiger partial charge in [-0.1, -0.05) is 17.7 Å². The first kappa shape index (κ1) is 28.6. The number of thiophene rings is 1. The topological polar surface area (TPSA) is 113 Å². The highest BCUT2D eigenvalue weighted by molar-refractivity contribution is 7.23. The summed E-state index contributed by atoms with van der Waals surface area (Å²) < 4.78 is 59.5. The summed E-state index contributed by atoms with van der Waals surface area (Å²) in [7, 11) is 0. The van der Waals surface area contributed by atoms with E-state index in [2.05, 4.69) is 20.1 Å². The molecule has 7 heterocycles. The van der Waals surface area contributed by atoms with Gasteiger partial charge in [0, 0.05) is 42.5 Å². The van der Waals surface area contributed by atoms with E-state index in [1.807, 2.05) is 6.07 Å². The number of benzene rings is 2. The molecule has 0 radical (unpaired) electrons. The molecule has 5 aliphatic rings. The van der Waals surface area contributed by atoms with E-state index < -0.39 is 23.3 Å². The van der Waals surface area contributed by atoms with E-state index in [1.54, 1.807) is 0 Å². The second-order valence-corrected chi connectivity index (χ2v) is 14.5. The van der Waals surface area contributed by atoms with Crippen LogP contribution < -0.4 is 25.4 Å². The number of rotatable bonds is 4. The molecule has 4 aromatic rings. The van der Waals surface area contributed by atoms with Crippen LogP contribution in [0.5, 0.6) is 11.8 Å². The number of nitrogen functional groups attached to an aromatic ring is 1. The number of nitrogens with one attached hydrogen (secondary N) is 1. The summed E-state index contributed by atoms with van der Waals surface area (Å²) in [6.45, 7) is 2.26. The minimum absolute atomic E-state index is 0.0163. The Bertz CT molecular complexity index is 2000. The lowest BCUT2D eigenvalue weighted by Crippen LogP contribution is -2.60. The van der Waals surface area contributed by atoms with Crippen LogP contribution in [0.4, 0.5) is 24.0 Å². The Morgan fingerprint density at radius 3 is 2.96 bits per heavy atom. The van der Waals surface area contributed by atoms with Crippen molar-refractivity contribution in [3.63, 3.8) is 0 Å². The van der Waals surface area contributed by atoms with Crippen LogP contribution in [-0.2, 0) is 0 Å². The number of nitrogens with zero attached hydrogens (tertiary/aromatic N) is 5. The number of halogens is 4. The van der Waals surface area contributed by atoms with Crippen LogP contribution in [0.15, 0.2) is 12.1 Å². The molecule has 46 heavy (non-hydrogen) atoms. The number of hydrogen-bond donors (Lipinski definition) is 2. The van der Waals surface area contributed by atoms with Crippen LogP contribution in [0.2, 0.25) is 5.02 Å². The second kappa shape index (κ2) is 10.2. The van der Waals surface area contributed by atoms with Gasteiger partial charge in [0.1, 0.15) is 47.6 Å². The summed E-state index contributed by atoms with van der Waals surface area (Å²) in [5, 5.41) is 14.2. The van der Waals surface area contributed by atoms with Crippen LogP contribution in [0.3, 0.4) is 0 Å². The molecule has 0 aliphatic carbocycles. The van der Waals surface area contributed by atoms with Crippen LogP contribution in [0, 0.1) is 23.0 Å². The fourth-order valence-corrected chi connectivity index (χ4v) is 9.82. The van der Waals surface area contributed by atoms with Crippen LogP contribution in [0.1, 0.15) is 37.7 Å². The number of anilines is 2. The van der Waals surface area contributed by atoms with E-state index >= 15 is 4.39 Å². The summed E-state index contributed by atoms with van der Waals surface area (Å²) in [4.78, 5) is 13.8. The predicted molar refractivity (Wildman–Crippen MR) is 170 cm³/mol. The number of aromatic nitrogens is 2. The predicted octanol–water partition coefficient (Wildman–Crippen LogP) is 5.55. The number of piperazine rings is 1. The highest BCUT2D eigenvalue weighted by Gasteiger charge is 2.50. The Hall–Kier alpha value is -3.57. The van der Waals surface area contributed by atoms with E-state index in [0.717, 1.165) is 43.6 Å². The van der Waals surface area contributed by atoms with E-state index in [0.29, 0.717) is 30.7 Å². The zero-order valence-corrected chi connectivity index (χ0v) is 26.2. The van der Waals surface area contributed by atoms with Gasteiger partial charge in [-0.2, -0.15) is 15.2 Å². The van der Waals surface area contributed by atoms with Gasteiger partial charge in [-0.25, -0.2) is 13.2 Å². The lowest BCUT2D eigenvalue weighted by molar-refractivity contribution is 0.107. The maximum absolute atomic E-state index is 17.1. The van der Waals surface area contributed by atoms with Crippen LogP contribution in [0.25, 0.3) is 32.1 Å². The van der Waals surface area contributed by atoms with Crippen molar-refractivity contribution in [2.45, 2.75) is 61.9 Å². The van der Waals surface area contributed by atoms with Gasteiger partial charge < -0.3 is 25.4 Å². The molecule has 4 saturated heterocycles. The standard InChI is InChI=1S/C32H29ClF3N7O2S/c33-24-22(16-3-4-18(35)28-21(16)17(9-37)29(38)46-28)25(36)26-23-27(24)44-12-20-19-5-2-15(39-19)11-43(20)30(23)41-31(40-26)45-13-32-6-1-7-42(32)10-14(34)8-32/h3-4,14-15,19-20,39H,1-2,5-8,10-13,38H2/t14-,15?,19?,20?,32+/m1/s1. The SMILES string of the molecule is N#Cc1c(N)sc2c(F)ccc(-c3c(Cl)c4c5c(nc(OC[C@@]67CCCN6C[C@H](F)C7)nc5c3F)N3CC5CCC(N5)C3CO4)c12. The van der Waals surface area contributed by atoms with Gasteiger partial charge in [-0.15, -0.1) is 11.3 Å². The summed E-state index contributed by atoms with van der Waals surface area (Å²) in [6, 6.07) is 4.91. The Morgan fingerprint density at radius 2 is 2.11 bits per heavy atom. The highest BCUT2D eigenvalue weighted by Crippen LogP contribution is 2.52. The van der Waals surface area contributed by atoms with Crippen molar-refractivity contribution in [2.75, 3.05) is 43.5 Å². The van der Waals surface area contributed by atoms with Crippen LogP contribution >= 0.6 is 22.9 Å². The zero-order chi connectivity index (χ0) is 31.5. The van der Waals surface area contributed by atoms with Crippen molar-refractivity contribution < 1.29 is 22.6 Å². The van der Waals surface area contributed by atoms with Gasteiger partial charge in [0.15, 0.2) is 11.6 Å². The number of alkyl halides is 1. The van der Waals surface area contributed by atoms with Crippen LogP contribution in [-0.4, -0.2) is 77.6 Å². The Kier molecular flexibility index (Phi) is 6.36. The van der Waals surface area contributed by atoms with E-state index in [-0.39, 0.29) is 85.4 Å². The zero-order valence-electron chi connectivity index (χ0n) is 24.6. The number of nitriles is 1. The third-order valence-corrected chi connectivity index (χ3v) is 12.0. The Labute approximate surface area is 271 Å². The Morgan fingerprint density at radius 1 is 1.24 bits per heavy atom. The molecule has 2 bridgehead atoms. The summed E-state index contributed by atoms with van der Waals surface area (Å²) in [6.07, 6.45) is 3.16. The molecule has 0 saturated carbocycles. The molecular weight excluding hydrogens is 639 g/mol. The van der Waals surface area contributed by atoms with E-state index in [9.17, 15) is 14.0 Å². The molecule has 4 fully saturated rings. The maximum atomic E-state index is 17.1. The fourth-order valence-electron chi connectivity index (χ4n) is 8.54. The minimum atomic E-state index is -0.929. The third-order valence-electron chi connectivity index (χ3n) is 10.6. The molecule has 0 amide bonds. The quantitative estimate of drug-likeness (QED) is 0.289. The van der Waals surface area contributed by atoms with E-state index in [1.165, 1.54) is 12.1 Å². The second-order valence-electron chi connectivity index (χ2n) is 13.1. The highest BCUT2D eigenvalue weighted by atomic mass is 35.5. The van der Waals surface area contributed by atoms with Crippen molar-refractivity contribution >= 4 is 54.7 Å². The first-order chi connectivity index (χ1) is 22.3. The third kappa shape index (κ3) is 4.00. The molecule has 2 aromatic carbocycles. The minimum Gasteiger partial charge on any atom is -0.489 e. The summed E-state index contributed by atoms with van der Waals surface area (Å²) in [5.74, 6) is -0.660. The average Bonchev–Trinajstić information content (AvgIpc) is 3.76. The fraction of sp³-hybridized carbons (Fsp3) is 0.469. The maximum Gasteiger partial charge on any atom is 0.319 e. The molecule has 238 valence electrons. The van der Waals surface area contributed by atoms with E-state index in [4.69, 9.17) is 31.8 Å². The van der Waals surface area contributed by atoms with Crippen molar-refractivity contribution in [3.8, 4) is 29.0 Å². The molecule has 9 rings (SSSR count). The lowest BCUT2D eigenvalue weighted by Gasteiger charge is -2.40. The lowest BCUT2D eigenvalue weighted by atomic mass is 9.95. The van der Waals surface area contributed by atoms with Crippen molar-refractivity contribution in [2.24, 2.45) is 0 Å². The number of hydrogen-bond acceptors (Lipinski definition) is 10. The average molecular weight is 668 g/mol. The normalized spacial score (nSPS) is 28.3. The molecule has 3 N–H and O–H groups in total. The summed E-state index contributed by atoms with van der Waals surface area (Å²) >= 11 is 7.98. The smallest absolute Gasteiger partial charge is 0.319 e. The van der Waals surface area contributed by atoms with Gasteiger partial charge in [0.05, 0.1) is 32.3 Å². The molecule has 14 heteroatoms. The molecule has 5 aliphatic heterocycles. The summed E-state index contributed by atoms with van der Waals surface area (Å²) in [5.41, 5.74) is 5.77. The molecule has 3 unspecified atom stereocenters. The van der Waals surface area contributed by atoms with Gasteiger partial charge in [0.25, 0.3) is 0 Å². The van der Waals surface area contributed by atoms with Gasteiger partial charge in [0.2, 0.25) is 0 Å². The number of ether oxygens (including phenoxy) is 2. The molecule has 2 aromatic heterocycles. The van der Waals surface area contributed by atoms with Crippen molar-refractivity contribution in [1.82, 2.24) is 20.2 Å². The number of nitrogens with two attached hydrogens (primary N) is 1. The molecule has 9 nitrogen and oxygen atoms in total. The molecule has 0 spiro atoms. The van der Waals surface area contributed by atoms with Crippen molar-refractivity contribution in [1.29, 1.82) is 5.26 Å². The Balaban J connectivity index is 1.26. The number of fused-ring (bicyclic) bond motifs is 7. The van der Waals surface area contributed by atoms with Gasteiger partial charge in [-0.3, -0.25) is 4.90 Å². The molecule has 5 atom stereocenters. The van der Waals surface area contributed by atoms with Crippen molar-refractivity contribution in [3.05, 3.63) is 34.4 Å².